The molecule has 0 N–H and O–H groups in total. The van der Waals surface area contributed by atoms with E-state index in [1.165, 1.54) is 0 Å². The quantitative estimate of drug-likeness (QED) is 0.456. The molecule has 0 heterocycles. The van der Waals surface area contributed by atoms with Crippen LogP contribution in [0.4, 0.5) is 4.39 Å². The molecule has 1 aliphatic rings. The maximum absolute atomic E-state index is 11.6. The Morgan fingerprint density at radius 1 is 1.71 bits per heavy atom. The Morgan fingerprint density at radius 2 is 2.14 bits per heavy atom. The molecule has 1 rings (SSSR count). The molecule has 2 heteroatoms. The highest BCUT2D eigenvalue weighted by Gasteiger charge is 2.45. The molecule has 7 heavy (non-hydrogen) atoms. The zero-order valence-electron chi connectivity index (χ0n) is 4.20. The van der Waals surface area contributed by atoms with Crippen molar-refractivity contribution in [3.8, 4) is 0 Å². The average molecular weight is 102 g/mol. The van der Waals surface area contributed by atoms with Gasteiger partial charge in [0.2, 0.25) is 0 Å². The van der Waals surface area contributed by atoms with E-state index in [0.29, 0.717) is 0 Å². The zero-order valence-corrected chi connectivity index (χ0v) is 4.20. The number of hydrogen-bond donors (Lipinski definition) is 0. The lowest BCUT2D eigenvalue weighted by atomic mass is 10.2. The summed E-state index contributed by atoms with van der Waals surface area (Å²) in [5.41, 5.74) is -0.556. The van der Waals surface area contributed by atoms with Gasteiger partial charge >= 0.3 is 6.04 Å². The summed E-state index contributed by atoms with van der Waals surface area (Å²) in [6, 6.07) is -1.15. The summed E-state index contributed by atoms with van der Waals surface area (Å²) >= 11 is 0. The van der Waals surface area contributed by atoms with Gasteiger partial charge in [-0.3, -0.25) is 4.79 Å². The van der Waals surface area contributed by atoms with E-state index < -0.39 is 11.5 Å². The second-order valence-electron chi connectivity index (χ2n) is 2.33. The lowest BCUT2D eigenvalue weighted by molar-refractivity contribution is -0.134. The molecule has 0 bridgehead atoms. The van der Waals surface area contributed by atoms with Crippen LogP contribution >= 0.6 is 0 Å². The molecule has 1 saturated carbocycles. The summed E-state index contributed by atoms with van der Waals surface area (Å²) in [7, 11) is 0. The minimum absolute atomic E-state index is 0.556. The third kappa shape index (κ3) is 0.646. The van der Waals surface area contributed by atoms with Crippen LogP contribution in [0.1, 0.15) is 19.8 Å². The molecule has 1 fully saturated rings. The van der Waals surface area contributed by atoms with Crippen LogP contribution < -0.4 is 0 Å². The third-order valence-electron chi connectivity index (χ3n) is 1.47. The summed E-state index contributed by atoms with van der Waals surface area (Å²) < 4.78 is 11.6. The Hall–Kier alpha value is -0.400. The molecular weight excluding hydrogens is 95.1 g/mol. The van der Waals surface area contributed by atoms with Gasteiger partial charge in [0.25, 0.3) is 0 Å². The predicted molar refractivity (Wildman–Crippen MR) is 23.5 cm³/mol. The summed E-state index contributed by atoms with van der Waals surface area (Å²) in [5.74, 6) is 0. The van der Waals surface area contributed by atoms with Gasteiger partial charge in [-0.05, 0) is 19.8 Å². The molecule has 0 radical (unpaired) electrons. The van der Waals surface area contributed by atoms with Gasteiger partial charge in [0.15, 0.2) is 0 Å². The van der Waals surface area contributed by atoms with Gasteiger partial charge in [-0.15, -0.1) is 0 Å². The van der Waals surface area contributed by atoms with Crippen molar-refractivity contribution in [1.29, 1.82) is 0 Å². The van der Waals surface area contributed by atoms with Crippen molar-refractivity contribution >= 4 is 6.04 Å². The molecule has 0 aromatic carbocycles. The van der Waals surface area contributed by atoms with Crippen LogP contribution in [0.3, 0.4) is 0 Å². The normalized spacial score (nSPS) is 24.3. The van der Waals surface area contributed by atoms with Crippen molar-refractivity contribution in [1.82, 2.24) is 0 Å². The molecule has 0 spiro atoms. The minimum Gasteiger partial charge on any atom is -0.261 e. The van der Waals surface area contributed by atoms with Crippen LogP contribution in [0.15, 0.2) is 0 Å². The summed E-state index contributed by atoms with van der Waals surface area (Å²) in [6.07, 6.45) is 1.48. The van der Waals surface area contributed by atoms with E-state index >= 15 is 0 Å². The zero-order chi connectivity index (χ0) is 5.49. The number of halogens is 1. The largest absolute Gasteiger partial charge is 0.307 e. The SMILES string of the molecule is CC1(C(=O)F)CC1. The molecule has 1 nitrogen and oxygen atoms in total. The second kappa shape index (κ2) is 1.05. The maximum atomic E-state index is 11.6. The number of carbonyl (C=O) groups is 1. The van der Waals surface area contributed by atoms with Crippen molar-refractivity contribution in [2.75, 3.05) is 0 Å². The molecule has 0 aromatic rings. The van der Waals surface area contributed by atoms with E-state index in [0.717, 1.165) is 12.8 Å². The molecule has 0 atom stereocenters. The number of hydrogen-bond acceptors (Lipinski definition) is 1. The fourth-order valence-electron chi connectivity index (χ4n) is 0.384. The summed E-state index contributed by atoms with van der Waals surface area (Å²) in [5, 5.41) is 0. The van der Waals surface area contributed by atoms with Gasteiger partial charge in [0, 0.05) is 0 Å². The van der Waals surface area contributed by atoms with Crippen molar-refractivity contribution in [2.45, 2.75) is 19.8 Å². The van der Waals surface area contributed by atoms with Crippen molar-refractivity contribution in [3.63, 3.8) is 0 Å². The number of rotatable bonds is 1. The number of carbonyl (C=O) groups excluding carboxylic acids is 1. The van der Waals surface area contributed by atoms with E-state index in [1.807, 2.05) is 0 Å². The first-order chi connectivity index (χ1) is 3.15. The topological polar surface area (TPSA) is 17.1 Å². The lowest BCUT2D eigenvalue weighted by Crippen LogP contribution is -2.02. The van der Waals surface area contributed by atoms with Crippen LogP contribution in [0.25, 0.3) is 0 Å². The van der Waals surface area contributed by atoms with Crippen molar-refractivity contribution in [3.05, 3.63) is 0 Å². The molecular formula is C5H7FO. The smallest absolute Gasteiger partial charge is 0.261 e. The van der Waals surface area contributed by atoms with Gasteiger partial charge in [-0.2, -0.15) is 4.39 Å². The second-order valence-corrected chi connectivity index (χ2v) is 2.33. The highest BCUT2D eigenvalue weighted by atomic mass is 19.1. The first-order valence-corrected chi connectivity index (χ1v) is 2.35. The van der Waals surface area contributed by atoms with Gasteiger partial charge < -0.3 is 0 Å². The van der Waals surface area contributed by atoms with Gasteiger partial charge in [-0.1, -0.05) is 0 Å². The Balaban J connectivity index is 2.55. The summed E-state index contributed by atoms with van der Waals surface area (Å²) in [4.78, 5) is 9.86. The first-order valence-electron chi connectivity index (χ1n) is 2.35. The van der Waals surface area contributed by atoms with Crippen LogP contribution in [0.2, 0.25) is 0 Å². The highest BCUT2D eigenvalue weighted by molar-refractivity contribution is 5.77. The van der Waals surface area contributed by atoms with Crippen molar-refractivity contribution in [2.24, 2.45) is 5.41 Å². The molecule has 40 valence electrons. The molecule has 0 aromatic heterocycles. The first kappa shape index (κ1) is 4.75. The maximum Gasteiger partial charge on any atom is 0.307 e. The van der Waals surface area contributed by atoms with Crippen LogP contribution in [-0.2, 0) is 4.79 Å². The van der Waals surface area contributed by atoms with E-state index in [4.69, 9.17) is 0 Å². The van der Waals surface area contributed by atoms with E-state index in [9.17, 15) is 9.18 Å². The van der Waals surface area contributed by atoms with Crippen LogP contribution in [0.5, 0.6) is 0 Å². The van der Waals surface area contributed by atoms with Crippen molar-refractivity contribution < 1.29 is 9.18 Å². The Labute approximate surface area is 41.5 Å². The molecule has 0 aliphatic heterocycles. The molecule has 0 saturated heterocycles. The highest BCUT2D eigenvalue weighted by Crippen LogP contribution is 2.45. The Kier molecular flexibility index (Phi) is 0.716. The summed E-state index contributed by atoms with van der Waals surface area (Å²) in [6.45, 7) is 1.65. The van der Waals surface area contributed by atoms with Crippen LogP contribution in [0, 0.1) is 5.41 Å². The van der Waals surface area contributed by atoms with E-state index in [-0.39, 0.29) is 0 Å². The van der Waals surface area contributed by atoms with Gasteiger partial charge in [0.1, 0.15) is 0 Å². The minimum atomic E-state index is -1.15. The van der Waals surface area contributed by atoms with E-state index in [2.05, 4.69) is 0 Å². The Bertz CT molecular complexity index is 105. The Morgan fingerprint density at radius 3 is 2.14 bits per heavy atom. The average Bonchev–Trinajstić information content (AvgIpc) is 2.21. The molecule has 0 unspecified atom stereocenters. The molecule has 0 amide bonds. The third-order valence-corrected chi connectivity index (χ3v) is 1.47. The van der Waals surface area contributed by atoms with Gasteiger partial charge in [-0.25, -0.2) is 0 Å². The van der Waals surface area contributed by atoms with E-state index in [1.54, 1.807) is 6.92 Å². The monoisotopic (exact) mass is 102 g/mol. The predicted octanol–water partition coefficient (Wildman–Crippen LogP) is 1.28. The molecule has 1 aliphatic carbocycles. The lowest BCUT2D eigenvalue weighted by Gasteiger charge is -1.91. The fourth-order valence-corrected chi connectivity index (χ4v) is 0.384. The van der Waals surface area contributed by atoms with Crippen LogP contribution in [-0.4, -0.2) is 6.04 Å². The fraction of sp³-hybridized carbons (Fsp3) is 0.800. The van der Waals surface area contributed by atoms with Gasteiger partial charge in [0.05, 0.1) is 5.41 Å². The standard InChI is InChI=1S/C5H7FO/c1-5(2-3-5)4(6)7/h2-3H2,1H3.